The quantitative estimate of drug-likeness (QED) is 0.686. The standard InChI is InChI=1S/C19H19FN2O3S/c1-4-22-14-10-15(24-2)16(25-3)11-17(14)26-19(22)21-18(23)9-12-5-7-13(20)8-6-12/h5-8,10-11H,4,9H2,1-3H3. The molecule has 1 aromatic heterocycles. The Morgan fingerprint density at radius 1 is 1.15 bits per heavy atom. The van der Waals surface area contributed by atoms with Crippen LogP contribution in [0.4, 0.5) is 4.39 Å². The van der Waals surface area contributed by atoms with E-state index in [2.05, 4.69) is 4.99 Å². The van der Waals surface area contributed by atoms with Gasteiger partial charge in [0.1, 0.15) is 5.82 Å². The molecule has 0 radical (unpaired) electrons. The zero-order valence-corrected chi connectivity index (χ0v) is 15.6. The number of aromatic nitrogens is 1. The van der Waals surface area contributed by atoms with Crippen LogP contribution in [0.5, 0.6) is 11.5 Å². The topological polar surface area (TPSA) is 52.8 Å². The molecule has 1 heterocycles. The third-order valence-corrected chi connectivity index (χ3v) is 5.03. The Morgan fingerprint density at radius 2 is 1.81 bits per heavy atom. The monoisotopic (exact) mass is 374 g/mol. The molecule has 5 nitrogen and oxygen atoms in total. The Balaban J connectivity index is 2.01. The number of hydrogen-bond acceptors (Lipinski definition) is 4. The molecule has 26 heavy (non-hydrogen) atoms. The number of carbonyl (C=O) groups is 1. The van der Waals surface area contributed by atoms with Gasteiger partial charge in [0.05, 0.1) is 30.9 Å². The zero-order chi connectivity index (χ0) is 18.7. The van der Waals surface area contributed by atoms with Crippen molar-refractivity contribution in [1.29, 1.82) is 0 Å². The van der Waals surface area contributed by atoms with Crippen LogP contribution < -0.4 is 14.3 Å². The van der Waals surface area contributed by atoms with Gasteiger partial charge in [-0.1, -0.05) is 23.5 Å². The van der Waals surface area contributed by atoms with Crippen LogP contribution in [-0.2, 0) is 17.8 Å². The fourth-order valence-corrected chi connectivity index (χ4v) is 3.83. The minimum Gasteiger partial charge on any atom is -0.493 e. The number of ether oxygens (including phenoxy) is 2. The number of carbonyl (C=O) groups excluding carboxylic acids is 1. The summed E-state index contributed by atoms with van der Waals surface area (Å²) in [6, 6.07) is 9.64. The predicted octanol–water partition coefficient (Wildman–Crippen LogP) is 3.55. The Hall–Kier alpha value is -2.67. The second-order valence-electron chi connectivity index (χ2n) is 5.61. The number of methoxy groups -OCH3 is 2. The van der Waals surface area contributed by atoms with Gasteiger partial charge in [0.25, 0.3) is 5.91 Å². The molecule has 3 aromatic rings. The number of nitrogens with zero attached hydrogens (tertiary/aromatic N) is 2. The molecule has 0 atom stereocenters. The molecular weight excluding hydrogens is 355 g/mol. The maximum absolute atomic E-state index is 13.0. The maximum Gasteiger partial charge on any atom is 0.252 e. The highest BCUT2D eigenvalue weighted by Crippen LogP contribution is 2.33. The Kier molecular flexibility index (Phi) is 5.37. The predicted molar refractivity (Wildman–Crippen MR) is 99.3 cm³/mol. The lowest BCUT2D eigenvalue weighted by molar-refractivity contribution is -0.117. The van der Waals surface area contributed by atoms with Gasteiger partial charge in [-0.2, -0.15) is 4.99 Å². The molecule has 7 heteroatoms. The summed E-state index contributed by atoms with van der Waals surface area (Å²) in [6.45, 7) is 2.66. The average Bonchev–Trinajstić information content (AvgIpc) is 2.97. The molecule has 0 bridgehead atoms. The van der Waals surface area contributed by atoms with Gasteiger partial charge in [0.15, 0.2) is 16.3 Å². The highest BCUT2D eigenvalue weighted by atomic mass is 32.1. The molecule has 0 fully saturated rings. The van der Waals surface area contributed by atoms with Crippen LogP contribution >= 0.6 is 11.3 Å². The van der Waals surface area contributed by atoms with Gasteiger partial charge in [0, 0.05) is 18.7 Å². The summed E-state index contributed by atoms with van der Waals surface area (Å²) in [5.41, 5.74) is 1.66. The Bertz CT molecular complexity index is 1010. The summed E-state index contributed by atoms with van der Waals surface area (Å²) in [5, 5.41) is 0. The molecule has 0 aliphatic heterocycles. The molecule has 0 spiro atoms. The molecule has 0 saturated carbocycles. The normalized spacial score (nSPS) is 11.8. The van der Waals surface area contributed by atoms with Crippen LogP contribution in [0.25, 0.3) is 10.2 Å². The molecule has 0 unspecified atom stereocenters. The van der Waals surface area contributed by atoms with Gasteiger partial charge < -0.3 is 14.0 Å². The molecule has 1 amide bonds. The fraction of sp³-hybridized carbons (Fsp3) is 0.263. The second-order valence-corrected chi connectivity index (χ2v) is 6.62. The molecule has 0 saturated heterocycles. The first-order chi connectivity index (χ1) is 12.5. The van der Waals surface area contributed by atoms with Gasteiger partial charge in [-0.05, 0) is 24.6 Å². The van der Waals surface area contributed by atoms with Crippen molar-refractivity contribution in [2.75, 3.05) is 14.2 Å². The number of amides is 1. The summed E-state index contributed by atoms with van der Waals surface area (Å²) in [4.78, 5) is 17.2. The summed E-state index contributed by atoms with van der Waals surface area (Å²) in [7, 11) is 3.17. The van der Waals surface area contributed by atoms with Crippen LogP contribution in [0.15, 0.2) is 41.4 Å². The number of benzene rings is 2. The fourth-order valence-electron chi connectivity index (χ4n) is 2.71. The van der Waals surface area contributed by atoms with Crippen LogP contribution in [-0.4, -0.2) is 24.7 Å². The Morgan fingerprint density at radius 3 is 2.42 bits per heavy atom. The van der Waals surface area contributed by atoms with Gasteiger partial charge >= 0.3 is 0 Å². The van der Waals surface area contributed by atoms with Crippen molar-refractivity contribution in [3.8, 4) is 11.5 Å². The van der Waals surface area contributed by atoms with Crippen molar-refractivity contribution in [3.05, 3.63) is 52.6 Å². The Labute approximate surface area is 154 Å². The molecule has 3 rings (SSSR count). The van der Waals surface area contributed by atoms with Crippen molar-refractivity contribution >= 4 is 27.5 Å². The van der Waals surface area contributed by atoms with E-state index in [-0.39, 0.29) is 18.1 Å². The summed E-state index contributed by atoms with van der Waals surface area (Å²) >= 11 is 1.42. The van der Waals surface area contributed by atoms with E-state index in [0.717, 1.165) is 15.8 Å². The SMILES string of the molecule is CCn1c(=NC(=O)Cc2ccc(F)cc2)sc2cc(OC)c(OC)cc21. The van der Waals surface area contributed by atoms with Crippen molar-refractivity contribution < 1.29 is 18.7 Å². The molecule has 136 valence electrons. The third-order valence-electron chi connectivity index (χ3n) is 3.99. The van der Waals surface area contributed by atoms with E-state index in [4.69, 9.17) is 9.47 Å². The average molecular weight is 374 g/mol. The van der Waals surface area contributed by atoms with Crippen LogP contribution in [0.1, 0.15) is 12.5 Å². The summed E-state index contributed by atoms with van der Waals surface area (Å²) in [6.07, 6.45) is 0.130. The van der Waals surface area contributed by atoms with E-state index in [0.29, 0.717) is 22.8 Å². The largest absolute Gasteiger partial charge is 0.493 e. The van der Waals surface area contributed by atoms with Gasteiger partial charge in [0.2, 0.25) is 0 Å². The number of halogens is 1. The van der Waals surface area contributed by atoms with Crippen LogP contribution in [0.2, 0.25) is 0 Å². The van der Waals surface area contributed by atoms with Crippen LogP contribution in [0.3, 0.4) is 0 Å². The van der Waals surface area contributed by atoms with Gasteiger partial charge in [-0.25, -0.2) is 4.39 Å². The van der Waals surface area contributed by atoms with Crippen molar-refractivity contribution in [1.82, 2.24) is 4.57 Å². The lowest BCUT2D eigenvalue weighted by Gasteiger charge is -2.08. The molecule has 2 aromatic carbocycles. The first-order valence-electron chi connectivity index (χ1n) is 8.13. The minimum absolute atomic E-state index is 0.130. The maximum atomic E-state index is 13.0. The summed E-state index contributed by atoms with van der Waals surface area (Å²) in [5.74, 6) is 0.663. The lowest BCUT2D eigenvalue weighted by atomic mass is 10.1. The van der Waals surface area contributed by atoms with E-state index >= 15 is 0 Å². The van der Waals surface area contributed by atoms with Crippen LogP contribution in [0, 0.1) is 5.82 Å². The minimum atomic E-state index is -0.325. The molecule has 0 aliphatic carbocycles. The third kappa shape index (κ3) is 3.62. The van der Waals surface area contributed by atoms with Gasteiger partial charge in [-0.15, -0.1) is 0 Å². The molecule has 0 aliphatic rings. The summed E-state index contributed by atoms with van der Waals surface area (Å²) < 4.78 is 26.6. The second kappa shape index (κ2) is 7.70. The number of aryl methyl sites for hydroxylation is 1. The van der Waals surface area contributed by atoms with E-state index in [1.165, 1.54) is 23.5 Å². The zero-order valence-electron chi connectivity index (χ0n) is 14.8. The highest BCUT2D eigenvalue weighted by molar-refractivity contribution is 7.16. The van der Waals surface area contributed by atoms with Gasteiger partial charge in [-0.3, -0.25) is 4.79 Å². The number of thiazole rings is 1. The first kappa shape index (κ1) is 18.1. The van der Waals surface area contributed by atoms with Crippen molar-refractivity contribution in [2.45, 2.75) is 19.9 Å². The number of rotatable bonds is 5. The smallest absolute Gasteiger partial charge is 0.252 e. The lowest BCUT2D eigenvalue weighted by Crippen LogP contribution is -2.16. The van der Waals surface area contributed by atoms with Crippen molar-refractivity contribution in [3.63, 3.8) is 0 Å². The molecule has 0 N–H and O–H groups in total. The van der Waals surface area contributed by atoms with E-state index in [1.54, 1.807) is 26.4 Å². The van der Waals surface area contributed by atoms with E-state index in [9.17, 15) is 9.18 Å². The van der Waals surface area contributed by atoms with Crippen molar-refractivity contribution in [2.24, 2.45) is 4.99 Å². The highest BCUT2D eigenvalue weighted by Gasteiger charge is 2.12. The van der Waals surface area contributed by atoms with E-state index in [1.807, 2.05) is 23.6 Å². The first-order valence-corrected chi connectivity index (χ1v) is 8.94. The molecular formula is C19H19FN2O3S. The van der Waals surface area contributed by atoms with E-state index < -0.39 is 0 Å². The number of fused-ring (bicyclic) bond motifs is 1. The number of hydrogen-bond donors (Lipinski definition) is 0.